The number of benzene rings is 1. The molecule has 2 aromatic rings. The average molecular weight is 323 g/mol. The predicted molar refractivity (Wildman–Crippen MR) is 88.9 cm³/mol. The maximum atomic E-state index is 5.90. The second kappa shape index (κ2) is 7.02. The number of halogens is 1. The summed E-state index contributed by atoms with van der Waals surface area (Å²) in [5, 5.41) is 5.24. The first kappa shape index (κ1) is 15.9. The molecule has 0 amide bonds. The van der Waals surface area contributed by atoms with E-state index < -0.39 is 0 Å². The van der Waals surface area contributed by atoms with Crippen LogP contribution in [0.2, 0.25) is 5.02 Å². The van der Waals surface area contributed by atoms with Crippen molar-refractivity contribution in [1.82, 2.24) is 19.2 Å². The molecule has 4 nitrogen and oxygen atoms in total. The van der Waals surface area contributed by atoms with Crippen molar-refractivity contribution in [3.63, 3.8) is 0 Å². The van der Waals surface area contributed by atoms with Crippen molar-refractivity contribution >= 4 is 23.8 Å². The van der Waals surface area contributed by atoms with Gasteiger partial charge in [0.2, 0.25) is 0 Å². The number of aryl methyl sites for hydroxylation is 1. The van der Waals surface area contributed by atoms with Gasteiger partial charge in [0.05, 0.1) is 6.67 Å². The van der Waals surface area contributed by atoms with Crippen LogP contribution in [0.5, 0.6) is 0 Å². The lowest BCUT2D eigenvalue weighted by molar-refractivity contribution is 0.243. The SMILES string of the molecule is C=CCn1c(C)nn(CN(C)Cc2ccc(Cl)cc2)c1=S. The summed E-state index contributed by atoms with van der Waals surface area (Å²) < 4.78 is 4.53. The fraction of sp³-hybridized carbons (Fsp3) is 0.333. The molecule has 1 heterocycles. The summed E-state index contributed by atoms with van der Waals surface area (Å²) in [5.41, 5.74) is 1.20. The van der Waals surface area contributed by atoms with Crippen molar-refractivity contribution < 1.29 is 0 Å². The fourth-order valence-electron chi connectivity index (χ4n) is 2.16. The summed E-state index contributed by atoms with van der Waals surface area (Å²) in [6, 6.07) is 7.86. The lowest BCUT2D eigenvalue weighted by atomic mass is 10.2. The molecule has 0 saturated carbocycles. The van der Waals surface area contributed by atoms with Crippen molar-refractivity contribution in [1.29, 1.82) is 0 Å². The molecule has 0 unspecified atom stereocenters. The minimum absolute atomic E-state index is 0.645. The van der Waals surface area contributed by atoms with Crippen molar-refractivity contribution in [3.8, 4) is 0 Å². The van der Waals surface area contributed by atoms with Crippen LogP contribution in [0, 0.1) is 11.7 Å². The highest BCUT2D eigenvalue weighted by Gasteiger charge is 2.08. The molecule has 112 valence electrons. The number of allylic oxidation sites excluding steroid dienone is 1. The van der Waals surface area contributed by atoms with Gasteiger partial charge >= 0.3 is 0 Å². The summed E-state index contributed by atoms with van der Waals surface area (Å²) in [4.78, 5) is 2.16. The highest BCUT2D eigenvalue weighted by atomic mass is 35.5. The van der Waals surface area contributed by atoms with E-state index in [1.807, 2.05) is 53.6 Å². The number of rotatable bonds is 6. The Balaban J connectivity index is 2.07. The zero-order chi connectivity index (χ0) is 15.4. The van der Waals surface area contributed by atoms with Crippen LogP contribution in [0.1, 0.15) is 11.4 Å². The minimum atomic E-state index is 0.645. The molecule has 21 heavy (non-hydrogen) atoms. The highest BCUT2D eigenvalue weighted by Crippen LogP contribution is 2.11. The quantitative estimate of drug-likeness (QED) is 0.600. The molecule has 0 N–H and O–H groups in total. The molecular weight excluding hydrogens is 304 g/mol. The Hall–Kier alpha value is -1.43. The van der Waals surface area contributed by atoms with Crippen molar-refractivity contribution in [2.24, 2.45) is 0 Å². The van der Waals surface area contributed by atoms with Crippen LogP contribution >= 0.6 is 23.8 Å². The van der Waals surface area contributed by atoms with Gasteiger partial charge in [-0.25, -0.2) is 4.68 Å². The first-order chi connectivity index (χ1) is 10.0. The average Bonchev–Trinajstić information content (AvgIpc) is 2.69. The molecular formula is C15H19ClN4S. The van der Waals surface area contributed by atoms with Gasteiger partial charge in [-0.2, -0.15) is 5.10 Å². The molecule has 0 radical (unpaired) electrons. The maximum Gasteiger partial charge on any atom is 0.199 e. The van der Waals surface area contributed by atoms with Gasteiger partial charge in [-0.05, 0) is 43.9 Å². The van der Waals surface area contributed by atoms with Crippen LogP contribution in [-0.4, -0.2) is 26.3 Å². The Bertz CT molecular complexity index is 672. The molecule has 0 aliphatic rings. The Morgan fingerprint density at radius 1 is 1.38 bits per heavy atom. The second-order valence-electron chi connectivity index (χ2n) is 5.01. The van der Waals surface area contributed by atoms with Gasteiger partial charge in [-0.15, -0.1) is 6.58 Å². The third-order valence-electron chi connectivity index (χ3n) is 3.16. The monoisotopic (exact) mass is 322 g/mol. The first-order valence-corrected chi connectivity index (χ1v) is 7.48. The van der Waals surface area contributed by atoms with E-state index in [2.05, 4.69) is 16.6 Å². The Morgan fingerprint density at radius 2 is 2.05 bits per heavy atom. The largest absolute Gasteiger partial charge is 0.300 e. The topological polar surface area (TPSA) is 26.0 Å². The molecule has 0 spiro atoms. The zero-order valence-electron chi connectivity index (χ0n) is 12.3. The second-order valence-corrected chi connectivity index (χ2v) is 5.81. The lowest BCUT2D eigenvalue weighted by Gasteiger charge is -2.16. The van der Waals surface area contributed by atoms with Gasteiger partial charge in [0.15, 0.2) is 4.77 Å². The van der Waals surface area contributed by atoms with Crippen LogP contribution in [0.25, 0.3) is 0 Å². The van der Waals surface area contributed by atoms with Crippen molar-refractivity contribution in [2.45, 2.75) is 26.7 Å². The Kier molecular flexibility index (Phi) is 5.33. The summed E-state index contributed by atoms with van der Waals surface area (Å²) in [5.74, 6) is 0.903. The lowest BCUT2D eigenvalue weighted by Crippen LogP contribution is -2.22. The van der Waals surface area contributed by atoms with Gasteiger partial charge in [-0.3, -0.25) is 4.90 Å². The molecule has 1 aromatic carbocycles. The molecule has 0 aliphatic heterocycles. The maximum absolute atomic E-state index is 5.90. The van der Waals surface area contributed by atoms with E-state index in [1.54, 1.807) is 0 Å². The van der Waals surface area contributed by atoms with Gasteiger partial charge in [0.1, 0.15) is 5.82 Å². The molecule has 0 bridgehead atoms. The summed E-state index contributed by atoms with van der Waals surface area (Å²) in [6.07, 6.45) is 1.83. The normalized spacial score (nSPS) is 11.0. The van der Waals surface area contributed by atoms with E-state index in [9.17, 15) is 0 Å². The highest BCUT2D eigenvalue weighted by molar-refractivity contribution is 7.71. The predicted octanol–water partition coefficient (Wildman–Crippen LogP) is 3.65. The fourth-order valence-corrected chi connectivity index (χ4v) is 2.59. The third kappa shape index (κ3) is 4.03. The Labute approximate surface area is 135 Å². The molecule has 2 rings (SSSR count). The molecule has 0 fully saturated rings. The smallest absolute Gasteiger partial charge is 0.199 e. The van der Waals surface area contributed by atoms with Crippen molar-refractivity contribution in [3.05, 3.63) is 58.1 Å². The first-order valence-electron chi connectivity index (χ1n) is 6.69. The molecule has 0 atom stereocenters. The van der Waals surface area contributed by atoms with Crippen LogP contribution < -0.4 is 0 Å². The van der Waals surface area contributed by atoms with Crippen LogP contribution in [0.15, 0.2) is 36.9 Å². The van der Waals surface area contributed by atoms with E-state index in [4.69, 9.17) is 23.8 Å². The van der Waals surface area contributed by atoms with E-state index in [0.29, 0.717) is 13.2 Å². The molecule has 6 heteroatoms. The number of nitrogens with zero attached hydrogens (tertiary/aromatic N) is 4. The minimum Gasteiger partial charge on any atom is -0.300 e. The van der Waals surface area contributed by atoms with Gasteiger partial charge in [0.25, 0.3) is 0 Å². The molecule has 1 aromatic heterocycles. The number of hydrogen-bond donors (Lipinski definition) is 0. The Morgan fingerprint density at radius 3 is 2.67 bits per heavy atom. The van der Waals surface area contributed by atoms with Gasteiger partial charge in [-0.1, -0.05) is 29.8 Å². The number of aromatic nitrogens is 3. The van der Waals surface area contributed by atoms with E-state index >= 15 is 0 Å². The van der Waals surface area contributed by atoms with E-state index in [1.165, 1.54) is 5.56 Å². The van der Waals surface area contributed by atoms with Gasteiger partial charge in [0, 0.05) is 18.1 Å². The van der Waals surface area contributed by atoms with Crippen LogP contribution in [-0.2, 0) is 19.8 Å². The molecule has 0 saturated heterocycles. The van der Waals surface area contributed by atoms with E-state index in [0.717, 1.165) is 22.2 Å². The third-order valence-corrected chi connectivity index (χ3v) is 3.84. The van der Waals surface area contributed by atoms with Crippen molar-refractivity contribution in [2.75, 3.05) is 7.05 Å². The summed E-state index contributed by atoms with van der Waals surface area (Å²) >= 11 is 11.3. The van der Waals surface area contributed by atoms with Crippen LogP contribution in [0.3, 0.4) is 0 Å². The summed E-state index contributed by atoms with van der Waals surface area (Å²) in [7, 11) is 2.04. The standard InChI is InChI=1S/C15H19ClN4S/c1-4-9-19-12(2)17-20(15(19)21)11-18(3)10-13-5-7-14(16)8-6-13/h4-8H,1,9-11H2,2-3H3. The summed E-state index contributed by atoms with van der Waals surface area (Å²) in [6.45, 7) is 7.84. The zero-order valence-corrected chi connectivity index (χ0v) is 13.9. The van der Waals surface area contributed by atoms with Crippen LogP contribution in [0.4, 0.5) is 0 Å². The van der Waals surface area contributed by atoms with E-state index in [-0.39, 0.29) is 0 Å². The van der Waals surface area contributed by atoms with Gasteiger partial charge < -0.3 is 4.57 Å². The molecule has 0 aliphatic carbocycles. The number of hydrogen-bond acceptors (Lipinski definition) is 3.